The Kier molecular flexibility index (Phi) is 25.8. The lowest BCUT2D eigenvalue weighted by Crippen LogP contribution is -2.44. The molecule has 4 fully saturated rings. The van der Waals surface area contributed by atoms with E-state index in [0.717, 1.165) is 102 Å². The fourth-order valence-electron chi connectivity index (χ4n) is 7.30. The van der Waals surface area contributed by atoms with Gasteiger partial charge in [0.25, 0.3) is 0 Å². The molecular weight excluding hydrogens is 805 g/mol. The van der Waals surface area contributed by atoms with Gasteiger partial charge in [0.1, 0.15) is 31.8 Å². The van der Waals surface area contributed by atoms with Crippen molar-refractivity contribution in [2.45, 2.75) is 77.0 Å². The van der Waals surface area contributed by atoms with Crippen LogP contribution < -0.4 is 0 Å². The molecule has 4 aliphatic rings. The second kappa shape index (κ2) is 30.2. The van der Waals surface area contributed by atoms with E-state index in [-0.39, 0.29) is 76.0 Å². The molecule has 0 radical (unpaired) electrons. The predicted molar refractivity (Wildman–Crippen MR) is 237 cm³/mol. The van der Waals surface area contributed by atoms with Crippen molar-refractivity contribution in [3.8, 4) is 0 Å². The molecule has 4 rings (SSSR count). The van der Waals surface area contributed by atoms with Crippen molar-refractivity contribution in [3.63, 3.8) is 0 Å². The minimum atomic E-state index is -1.23. The second-order valence-corrected chi connectivity index (χ2v) is 20.7. The highest BCUT2D eigenvalue weighted by atomic mass is 32.2. The number of rotatable bonds is 32. The van der Waals surface area contributed by atoms with Crippen molar-refractivity contribution in [2.24, 2.45) is 5.41 Å². The number of likely N-dealkylation sites (tertiary alicyclic amines) is 4. The van der Waals surface area contributed by atoms with Crippen LogP contribution in [0.2, 0.25) is 0 Å². The first-order valence-corrected chi connectivity index (χ1v) is 26.3. The average molecular weight is 877 g/mol. The van der Waals surface area contributed by atoms with Crippen molar-refractivity contribution in [1.82, 2.24) is 19.6 Å². The Morgan fingerprint density at radius 1 is 0.351 bits per heavy atom. The van der Waals surface area contributed by atoms with Crippen LogP contribution in [-0.4, -0.2) is 194 Å². The molecule has 4 saturated heterocycles. The molecular formula is C41H72N4O8S4. The van der Waals surface area contributed by atoms with E-state index >= 15 is 0 Å². The highest BCUT2D eigenvalue weighted by Gasteiger charge is 2.38. The molecule has 57 heavy (non-hydrogen) atoms. The molecule has 4 aliphatic heterocycles. The number of nitrogens with zero attached hydrogens (tertiary/aromatic N) is 4. The number of hydrogen-bond donors (Lipinski definition) is 0. The Labute approximate surface area is 360 Å². The Hall–Kier alpha value is -0.880. The number of carbonyl (C=O) groups excluding carboxylic acids is 4. The highest BCUT2D eigenvalue weighted by Crippen LogP contribution is 2.24. The van der Waals surface area contributed by atoms with Crippen LogP contribution >= 0.6 is 47.0 Å². The number of hydrogen-bond acceptors (Lipinski definition) is 16. The van der Waals surface area contributed by atoms with E-state index in [1.165, 1.54) is 51.4 Å². The van der Waals surface area contributed by atoms with Crippen LogP contribution in [0, 0.1) is 5.41 Å². The number of carbonyl (C=O) groups is 4. The Bertz CT molecular complexity index is 963. The molecule has 0 bridgehead atoms. The molecule has 0 spiro atoms. The maximum atomic E-state index is 13.0. The van der Waals surface area contributed by atoms with E-state index < -0.39 is 5.41 Å². The summed E-state index contributed by atoms with van der Waals surface area (Å²) < 4.78 is 23.2. The normalized spacial score (nSPS) is 18.4. The predicted octanol–water partition coefficient (Wildman–Crippen LogP) is 5.02. The molecule has 328 valence electrons. The minimum Gasteiger partial charge on any atom is -0.465 e. The van der Waals surface area contributed by atoms with Crippen molar-refractivity contribution in [1.29, 1.82) is 0 Å². The van der Waals surface area contributed by atoms with Gasteiger partial charge in [0.05, 0.1) is 25.7 Å². The fraction of sp³-hybridized carbons (Fsp3) is 0.902. The van der Waals surface area contributed by atoms with Gasteiger partial charge in [-0.25, -0.2) is 0 Å². The average Bonchev–Trinajstić information content (AvgIpc) is 4.07. The van der Waals surface area contributed by atoms with Crippen LogP contribution in [-0.2, 0) is 38.1 Å². The van der Waals surface area contributed by atoms with Crippen LogP contribution in [0.15, 0.2) is 0 Å². The first kappa shape index (κ1) is 48.8. The second-order valence-electron chi connectivity index (χ2n) is 15.8. The Morgan fingerprint density at radius 2 is 0.561 bits per heavy atom. The molecule has 12 nitrogen and oxygen atoms in total. The highest BCUT2D eigenvalue weighted by molar-refractivity contribution is 7.99. The van der Waals surface area contributed by atoms with Crippen LogP contribution in [0.5, 0.6) is 0 Å². The summed E-state index contributed by atoms with van der Waals surface area (Å²) in [6, 6.07) is 0. The zero-order chi connectivity index (χ0) is 40.2. The first-order valence-electron chi connectivity index (χ1n) is 21.7. The molecule has 0 unspecified atom stereocenters. The Morgan fingerprint density at radius 3 is 0.772 bits per heavy atom. The lowest BCUT2D eigenvalue weighted by atomic mass is 9.92. The van der Waals surface area contributed by atoms with Gasteiger partial charge in [0.2, 0.25) is 0 Å². The summed E-state index contributed by atoms with van der Waals surface area (Å²) in [7, 11) is 0. The maximum Gasteiger partial charge on any atom is 0.306 e. The maximum absolute atomic E-state index is 13.0. The van der Waals surface area contributed by atoms with Crippen molar-refractivity contribution < 1.29 is 38.1 Å². The zero-order valence-corrected chi connectivity index (χ0v) is 37.9. The Balaban J connectivity index is 1.28. The van der Waals surface area contributed by atoms with Gasteiger partial charge in [0.15, 0.2) is 0 Å². The largest absolute Gasteiger partial charge is 0.465 e. The van der Waals surface area contributed by atoms with E-state index in [9.17, 15) is 19.2 Å². The summed E-state index contributed by atoms with van der Waals surface area (Å²) in [5.41, 5.74) is -1.23. The van der Waals surface area contributed by atoms with Gasteiger partial charge in [-0.1, -0.05) is 0 Å². The molecule has 0 saturated carbocycles. The van der Waals surface area contributed by atoms with E-state index in [2.05, 4.69) is 19.6 Å². The smallest absolute Gasteiger partial charge is 0.306 e. The fourth-order valence-corrected chi connectivity index (χ4v) is 10.9. The lowest BCUT2D eigenvalue weighted by molar-refractivity contribution is -0.170. The summed E-state index contributed by atoms with van der Waals surface area (Å²) in [6.07, 6.45) is 11.0. The lowest BCUT2D eigenvalue weighted by Gasteiger charge is -2.31. The van der Waals surface area contributed by atoms with Crippen LogP contribution in [0.3, 0.4) is 0 Å². The van der Waals surface area contributed by atoms with Gasteiger partial charge in [-0.05, 0) is 104 Å². The molecule has 0 N–H and O–H groups in total. The molecule has 0 amide bonds. The van der Waals surface area contributed by atoms with Crippen molar-refractivity contribution in [2.75, 3.05) is 151 Å². The molecule has 0 atom stereocenters. The number of thioether (sulfide) groups is 4. The van der Waals surface area contributed by atoms with Crippen molar-refractivity contribution >= 4 is 70.9 Å². The van der Waals surface area contributed by atoms with Gasteiger partial charge in [-0.3, -0.25) is 19.2 Å². The molecule has 0 aromatic carbocycles. The zero-order valence-electron chi connectivity index (χ0n) is 34.6. The monoisotopic (exact) mass is 876 g/mol. The topological polar surface area (TPSA) is 118 Å². The third-order valence-corrected chi connectivity index (χ3v) is 14.8. The molecule has 0 aromatic rings. The third-order valence-electron chi connectivity index (χ3n) is 11.0. The summed E-state index contributed by atoms with van der Waals surface area (Å²) in [5.74, 6) is 4.88. The van der Waals surface area contributed by atoms with Crippen LogP contribution in [0.4, 0.5) is 0 Å². The molecule has 0 aliphatic carbocycles. The van der Waals surface area contributed by atoms with Gasteiger partial charge in [-0.15, -0.1) is 0 Å². The van der Waals surface area contributed by atoms with Gasteiger partial charge < -0.3 is 38.5 Å². The van der Waals surface area contributed by atoms with E-state index in [0.29, 0.717) is 23.0 Å². The van der Waals surface area contributed by atoms with Crippen LogP contribution in [0.1, 0.15) is 77.0 Å². The quantitative estimate of drug-likeness (QED) is 0.0511. The number of ether oxygens (including phenoxy) is 4. The first-order chi connectivity index (χ1) is 27.9. The summed E-state index contributed by atoms with van der Waals surface area (Å²) in [4.78, 5) is 61.9. The standard InChI is InChI=1S/C41H72N4O8S4/c46-37(9-25-54-29-21-42-13-1-2-14-42)50-33-41(34-51-38(47)10-26-55-30-22-43-15-3-4-16-43,35-52-39(48)11-27-56-31-23-44-17-5-6-18-44)36-53-40(49)12-28-57-32-24-45-19-7-8-20-45/h1-36H2. The molecule has 16 heteroatoms. The van der Waals surface area contributed by atoms with E-state index in [1.54, 1.807) is 47.0 Å². The summed E-state index contributed by atoms with van der Waals surface area (Å²) in [5, 5.41) is 0. The van der Waals surface area contributed by atoms with E-state index in [1.807, 2.05) is 0 Å². The van der Waals surface area contributed by atoms with Gasteiger partial charge >= 0.3 is 23.9 Å². The number of esters is 4. The summed E-state index contributed by atoms with van der Waals surface area (Å²) in [6.45, 7) is 12.5. The minimum absolute atomic E-state index is 0.197. The van der Waals surface area contributed by atoms with Crippen molar-refractivity contribution in [3.05, 3.63) is 0 Å². The molecule has 4 heterocycles. The third kappa shape index (κ3) is 22.5. The summed E-state index contributed by atoms with van der Waals surface area (Å²) >= 11 is 6.94. The van der Waals surface area contributed by atoms with Crippen LogP contribution in [0.25, 0.3) is 0 Å². The molecule has 0 aromatic heterocycles. The van der Waals surface area contributed by atoms with Gasteiger partial charge in [0, 0.05) is 72.2 Å². The van der Waals surface area contributed by atoms with Gasteiger partial charge in [-0.2, -0.15) is 47.0 Å². The van der Waals surface area contributed by atoms with E-state index in [4.69, 9.17) is 18.9 Å². The SMILES string of the molecule is O=C(CCSCCN1CCCC1)OCC(COC(=O)CCSCCN1CCCC1)(COC(=O)CCSCCN1CCCC1)COC(=O)CCSCCN1CCCC1.